The molecule has 0 aliphatic carbocycles. The quantitative estimate of drug-likeness (QED) is 0.125. The van der Waals surface area contributed by atoms with Crippen LogP contribution in [0.3, 0.4) is 0 Å². The van der Waals surface area contributed by atoms with Gasteiger partial charge < -0.3 is 29.7 Å². The highest BCUT2D eigenvalue weighted by molar-refractivity contribution is 6.91. The number of aliphatic hydroxyl groups is 1. The minimum absolute atomic E-state index is 0.0216. The van der Waals surface area contributed by atoms with Crippen LogP contribution < -0.4 is 25.0 Å². The molecule has 0 radical (unpaired) electrons. The summed E-state index contributed by atoms with van der Waals surface area (Å²) in [6, 6.07) is 20.3. The number of aromatic nitrogens is 3. The van der Waals surface area contributed by atoms with Crippen molar-refractivity contribution < 1.29 is 29.1 Å². The number of nitro benzene ring substituents is 1. The van der Waals surface area contributed by atoms with Gasteiger partial charge in [0.05, 0.1) is 50.7 Å². The van der Waals surface area contributed by atoms with Crippen molar-refractivity contribution in [1.29, 1.82) is 0 Å². The molecule has 4 heterocycles. The summed E-state index contributed by atoms with van der Waals surface area (Å²) in [5.74, 6) is 0.106. The first kappa shape index (κ1) is 36.4. The Bertz CT molecular complexity index is 2020. The van der Waals surface area contributed by atoms with Crippen molar-refractivity contribution in [2.75, 3.05) is 43.2 Å². The molecule has 3 aliphatic rings. The molecule has 0 unspecified atom stereocenters. The molecule has 15 heteroatoms. The number of ether oxygens (including phenoxy) is 2. The second-order valence-electron chi connectivity index (χ2n) is 14.6. The lowest BCUT2D eigenvalue weighted by Gasteiger charge is -2.37. The third-order valence-electron chi connectivity index (χ3n) is 11.3. The van der Waals surface area contributed by atoms with Crippen LogP contribution in [-0.2, 0) is 39.4 Å². The number of fused-ring (bicyclic) bond motifs is 2. The molecule has 2 saturated heterocycles. The highest BCUT2D eigenvalue weighted by Gasteiger charge is 2.66. The molecule has 1 spiro atoms. The van der Waals surface area contributed by atoms with E-state index in [1.807, 2.05) is 42.6 Å². The standard InChI is InChI=1S/C38H45N7O7Si/c1-25-36(53(3,4)31-11-9-30(51-2)10-12-31)34(14-17-42-24-27(15-19-46)40-41-42)52-38(25)32-21-29(45(49)50)8-13-33(32)44(37(38)48)23-26-6-5-7-28(20-26)43-18-16-39-22-35(43)47/h5-13,20-21,24-25,34,36,39,46H,14-19,22-23H2,1-4H3/t25-,34+,36-,38+/m0/s1. The fraction of sp³-hybridized carbons (Fsp3) is 0.421. The number of carbonyl (C=O) groups is 2. The third-order valence-corrected chi connectivity index (χ3v) is 15.6. The van der Waals surface area contributed by atoms with E-state index in [0.717, 1.165) is 17.0 Å². The summed E-state index contributed by atoms with van der Waals surface area (Å²) in [6.07, 6.45) is 2.32. The number of nitrogens with zero attached hydrogens (tertiary/aromatic N) is 6. The molecule has 1 aromatic heterocycles. The topological polar surface area (TPSA) is 165 Å². The Morgan fingerprint density at radius 1 is 1.13 bits per heavy atom. The molecule has 0 saturated carbocycles. The first-order valence-electron chi connectivity index (χ1n) is 18.0. The number of carbonyl (C=O) groups excluding carboxylic acids is 2. The van der Waals surface area contributed by atoms with E-state index < -0.39 is 24.7 Å². The number of rotatable bonds is 12. The van der Waals surface area contributed by atoms with Crippen LogP contribution in [-0.4, -0.2) is 84.4 Å². The van der Waals surface area contributed by atoms with Crippen LogP contribution in [0.4, 0.5) is 17.1 Å². The minimum atomic E-state index is -2.47. The number of nitrogens with one attached hydrogen (secondary N) is 1. The Kier molecular flexibility index (Phi) is 9.93. The summed E-state index contributed by atoms with van der Waals surface area (Å²) >= 11 is 0. The van der Waals surface area contributed by atoms with Crippen LogP contribution >= 0.6 is 0 Å². The zero-order valence-corrected chi connectivity index (χ0v) is 31.4. The second-order valence-corrected chi connectivity index (χ2v) is 19.3. The van der Waals surface area contributed by atoms with Gasteiger partial charge in [0.15, 0.2) is 5.60 Å². The van der Waals surface area contributed by atoms with Gasteiger partial charge in [-0.3, -0.25) is 24.4 Å². The van der Waals surface area contributed by atoms with E-state index in [2.05, 4.69) is 47.8 Å². The molecule has 53 heavy (non-hydrogen) atoms. The monoisotopic (exact) mass is 739 g/mol. The van der Waals surface area contributed by atoms with Crippen LogP contribution in [0.15, 0.2) is 72.9 Å². The van der Waals surface area contributed by atoms with Crippen LogP contribution in [0, 0.1) is 16.0 Å². The zero-order valence-electron chi connectivity index (χ0n) is 30.4. The van der Waals surface area contributed by atoms with E-state index in [-0.39, 0.29) is 48.7 Å². The molecule has 4 atom stereocenters. The Balaban J connectivity index is 1.29. The largest absolute Gasteiger partial charge is 0.497 e. The summed E-state index contributed by atoms with van der Waals surface area (Å²) in [5, 5.41) is 34.3. The van der Waals surface area contributed by atoms with E-state index in [4.69, 9.17) is 9.47 Å². The Morgan fingerprint density at radius 2 is 1.92 bits per heavy atom. The van der Waals surface area contributed by atoms with Gasteiger partial charge in [-0.25, -0.2) is 0 Å². The maximum atomic E-state index is 15.2. The Morgan fingerprint density at radius 3 is 2.64 bits per heavy atom. The van der Waals surface area contributed by atoms with Crippen LogP contribution in [0.2, 0.25) is 18.6 Å². The van der Waals surface area contributed by atoms with Crippen LogP contribution in [0.1, 0.15) is 30.2 Å². The summed E-state index contributed by atoms with van der Waals surface area (Å²) in [4.78, 5) is 43.1. The van der Waals surface area contributed by atoms with Crippen LogP contribution in [0.25, 0.3) is 0 Å². The molecule has 0 bridgehead atoms. The van der Waals surface area contributed by atoms with Gasteiger partial charge in [0.2, 0.25) is 5.91 Å². The first-order chi connectivity index (χ1) is 25.5. The number of anilines is 2. The van der Waals surface area contributed by atoms with Gasteiger partial charge in [0, 0.05) is 68.2 Å². The maximum Gasteiger partial charge on any atom is 0.269 e. The fourth-order valence-corrected chi connectivity index (χ4v) is 12.7. The predicted octanol–water partition coefficient (Wildman–Crippen LogP) is 3.52. The number of amides is 2. The summed E-state index contributed by atoms with van der Waals surface area (Å²) in [5.41, 5.74) is 1.65. The number of aryl methyl sites for hydroxylation is 1. The van der Waals surface area contributed by atoms with Crippen molar-refractivity contribution in [1.82, 2.24) is 20.3 Å². The molecule has 2 N–H and O–H groups in total. The predicted molar refractivity (Wildman–Crippen MR) is 201 cm³/mol. The Labute approximate surface area is 308 Å². The van der Waals surface area contributed by atoms with Gasteiger partial charge in [-0.15, -0.1) is 5.10 Å². The molecule has 3 aromatic carbocycles. The molecular weight excluding hydrogens is 695 g/mol. The minimum Gasteiger partial charge on any atom is -0.497 e. The molecule has 4 aromatic rings. The van der Waals surface area contributed by atoms with E-state index >= 15 is 4.79 Å². The number of nitro groups is 1. The van der Waals surface area contributed by atoms with Crippen molar-refractivity contribution in [2.24, 2.45) is 5.92 Å². The molecule has 278 valence electrons. The zero-order chi connectivity index (χ0) is 37.5. The van der Waals surface area contributed by atoms with E-state index in [1.54, 1.807) is 27.7 Å². The number of hydrogen-bond donors (Lipinski definition) is 2. The van der Waals surface area contributed by atoms with Crippen LogP contribution in [0.5, 0.6) is 5.75 Å². The van der Waals surface area contributed by atoms with Crippen molar-refractivity contribution in [2.45, 2.75) is 63.2 Å². The number of aliphatic hydroxyl groups excluding tert-OH is 1. The fourth-order valence-electron chi connectivity index (χ4n) is 8.66. The number of piperazine rings is 1. The molecular formula is C38H45N7O7Si. The van der Waals surface area contributed by atoms with E-state index in [9.17, 15) is 20.0 Å². The summed E-state index contributed by atoms with van der Waals surface area (Å²) in [7, 11) is -0.835. The average Bonchev–Trinajstić information content (AvgIpc) is 3.80. The lowest BCUT2D eigenvalue weighted by atomic mass is 9.82. The highest BCUT2D eigenvalue weighted by Crippen LogP contribution is 2.60. The number of non-ortho nitro benzene ring substituents is 1. The molecule has 14 nitrogen and oxygen atoms in total. The number of benzene rings is 3. The molecule has 7 rings (SSSR count). The lowest BCUT2D eigenvalue weighted by molar-refractivity contribution is -0.385. The van der Waals surface area contributed by atoms with Gasteiger partial charge in [-0.2, -0.15) is 0 Å². The Hall–Kier alpha value is -4.96. The van der Waals surface area contributed by atoms with Crippen molar-refractivity contribution in [3.8, 4) is 5.75 Å². The van der Waals surface area contributed by atoms with E-state index in [1.165, 1.54) is 17.3 Å². The molecule has 2 fully saturated rings. The van der Waals surface area contributed by atoms with Gasteiger partial charge >= 0.3 is 0 Å². The third kappa shape index (κ3) is 6.51. The second kappa shape index (κ2) is 14.5. The summed E-state index contributed by atoms with van der Waals surface area (Å²) < 4.78 is 14.4. The van der Waals surface area contributed by atoms with Crippen molar-refractivity contribution in [3.63, 3.8) is 0 Å². The van der Waals surface area contributed by atoms with E-state index in [0.29, 0.717) is 49.4 Å². The number of hydrogen-bond acceptors (Lipinski definition) is 10. The van der Waals surface area contributed by atoms with Gasteiger partial charge in [-0.05, 0) is 47.9 Å². The maximum absolute atomic E-state index is 15.2. The van der Waals surface area contributed by atoms with Gasteiger partial charge in [0.25, 0.3) is 11.6 Å². The van der Waals surface area contributed by atoms with Gasteiger partial charge in [0.1, 0.15) is 5.75 Å². The number of methoxy groups -OCH3 is 1. The van der Waals surface area contributed by atoms with Gasteiger partial charge in [-0.1, -0.05) is 54.7 Å². The van der Waals surface area contributed by atoms with Crippen molar-refractivity contribution in [3.05, 3.63) is 99.9 Å². The average molecular weight is 740 g/mol. The van der Waals surface area contributed by atoms with Crippen molar-refractivity contribution >= 4 is 42.1 Å². The normalized spacial score (nSPS) is 22.8. The smallest absolute Gasteiger partial charge is 0.269 e. The molecule has 2 amide bonds. The lowest BCUT2D eigenvalue weighted by Crippen LogP contribution is -2.51. The molecule has 3 aliphatic heterocycles. The summed E-state index contributed by atoms with van der Waals surface area (Å²) in [6.45, 7) is 8.74. The highest BCUT2D eigenvalue weighted by atomic mass is 28.3. The SMILES string of the molecule is COc1ccc([Si](C)(C)[C@@H]2[C@@H](CCn3cc(CCO)nn3)O[C@]3(C(=O)N(Cc4cccc(N5CCNCC5=O)c4)c4ccc([N+](=O)[O-])cc43)[C@H]2C)cc1. The first-order valence-corrected chi connectivity index (χ1v) is 21.1.